The lowest BCUT2D eigenvalue weighted by Crippen LogP contribution is -2.45. The van der Waals surface area contributed by atoms with Gasteiger partial charge in [-0.2, -0.15) is 0 Å². The second-order valence-electron chi connectivity index (χ2n) is 4.66. The molecule has 21 heavy (non-hydrogen) atoms. The van der Waals surface area contributed by atoms with Crippen LogP contribution in [-0.2, 0) is 16.1 Å². The van der Waals surface area contributed by atoms with Gasteiger partial charge in [0, 0.05) is 7.05 Å². The number of carbonyl (C=O) groups excluding carboxylic acids is 2. The Kier molecular flexibility index (Phi) is 7.89. The third kappa shape index (κ3) is 6.76. The molecule has 1 unspecified atom stereocenters. The van der Waals surface area contributed by atoms with Crippen LogP contribution in [0.3, 0.4) is 0 Å². The third-order valence-corrected chi connectivity index (χ3v) is 3.01. The molecule has 0 fully saturated rings. The Bertz CT molecular complexity index is 437. The van der Waals surface area contributed by atoms with Crippen LogP contribution in [-0.4, -0.2) is 31.6 Å². The standard InChI is InChI=1S/C15H23N3O3/c1-17-14(19)13(9-5-6-10-16)18-15(20)21-11-12-7-3-2-4-8-12/h2-4,7-8,13H,5-6,9-11,16H2,1H3,(H,17,19)(H,18,20). The monoisotopic (exact) mass is 293 g/mol. The lowest BCUT2D eigenvalue weighted by molar-refractivity contribution is -0.122. The molecule has 1 aromatic carbocycles. The predicted octanol–water partition coefficient (Wildman–Crippen LogP) is 1.16. The fourth-order valence-corrected chi connectivity index (χ4v) is 1.84. The van der Waals surface area contributed by atoms with E-state index in [0.717, 1.165) is 18.4 Å². The first kappa shape index (κ1) is 17.0. The summed E-state index contributed by atoms with van der Waals surface area (Å²) in [5, 5.41) is 5.11. The SMILES string of the molecule is CNC(=O)C(CCCCN)NC(=O)OCc1ccccc1. The van der Waals surface area contributed by atoms with Gasteiger partial charge < -0.3 is 21.1 Å². The minimum Gasteiger partial charge on any atom is -0.445 e. The molecular formula is C15H23N3O3. The first-order valence-corrected chi connectivity index (χ1v) is 7.06. The molecule has 0 spiro atoms. The molecule has 116 valence electrons. The molecule has 0 saturated heterocycles. The first-order valence-electron chi connectivity index (χ1n) is 7.06. The Hall–Kier alpha value is -2.08. The van der Waals surface area contributed by atoms with E-state index in [0.29, 0.717) is 13.0 Å². The lowest BCUT2D eigenvalue weighted by Gasteiger charge is -2.17. The van der Waals surface area contributed by atoms with Gasteiger partial charge in [0.2, 0.25) is 5.91 Å². The minimum atomic E-state index is -0.597. The van der Waals surface area contributed by atoms with Crippen molar-refractivity contribution < 1.29 is 14.3 Å². The molecular weight excluding hydrogens is 270 g/mol. The molecule has 1 rings (SSSR count). The number of nitrogens with one attached hydrogen (secondary N) is 2. The highest BCUT2D eigenvalue weighted by atomic mass is 16.5. The Morgan fingerprint density at radius 2 is 1.95 bits per heavy atom. The van der Waals surface area contributed by atoms with Crippen LogP contribution in [0.2, 0.25) is 0 Å². The second kappa shape index (κ2) is 9.77. The maximum Gasteiger partial charge on any atom is 0.408 e. The Labute approximate surface area is 125 Å². The fraction of sp³-hybridized carbons (Fsp3) is 0.467. The number of ether oxygens (including phenoxy) is 1. The normalized spacial score (nSPS) is 11.5. The van der Waals surface area contributed by atoms with Crippen LogP contribution in [0.25, 0.3) is 0 Å². The van der Waals surface area contributed by atoms with Gasteiger partial charge in [0.05, 0.1) is 0 Å². The van der Waals surface area contributed by atoms with Crippen LogP contribution < -0.4 is 16.4 Å². The number of nitrogens with two attached hydrogens (primary N) is 1. The molecule has 0 bridgehead atoms. The quantitative estimate of drug-likeness (QED) is 0.627. The molecule has 1 aromatic rings. The summed E-state index contributed by atoms with van der Waals surface area (Å²) >= 11 is 0. The number of rotatable bonds is 8. The number of hydrogen-bond acceptors (Lipinski definition) is 4. The molecule has 0 saturated carbocycles. The van der Waals surface area contributed by atoms with Gasteiger partial charge in [-0.05, 0) is 31.4 Å². The topological polar surface area (TPSA) is 93.5 Å². The summed E-state index contributed by atoms with van der Waals surface area (Å²) in [4.78, 5) is 23.4. The molecule has 4 N–H and O–H groups in total. The number of alkyl carbamates (subject to hydrolysis) is 1. The average Bonchev–Trinajstić information content (AvgIpc) is 2.52. The van der Waals surface area contributed by atoms with Gasteiger partial charge in [0.15, 0.2) is 0 Å². The van der Waals surface area contributed by atoms with Crippen LogP contribution in [0.5, 0.6) is 0 Å². The molecule has 0 aliphatic rings. The van der Waals surface area contributed by atoms with Crippen LogP contribution in [0.1, 0.15) is 24.8 Å². The van der Waals surface area contributed by atoms with Gasteiger partial charge in [0.1, 0.15) is 12.6 Å². The maximum atomic E-state index is 11.7. The van der Waals surface area contributed by atoms with Crippen molar-refractivity contribution in [3.05, 3.63) is 35.9 Å². The van der Waals surface area contributed by atoms with Crippen molar-refractivity contribution in [3.8, 4) is 0 Å². The summed E-state index contributed by atoms with van der Waals surface area (Å²) in [6.07, 6.45) is 1.53. The van der Waals surface area contributed by atoms with E-state index in [4.69, 9.17) is 10.5 Å². The largest absolute Gasteiger partial charge is 0.445 e. The summed E-state index contributed by atoms with van der Waals surface area (Å²) < 4.78 is 5.10. The zero-order valence-electron chi connectivity index (χ0n) is 12.3. The van der Waals surface area contributed by atoms with E-state index in [2.05, 4.69) is 10.6 Å². The van der Waals surface area contributed by atoms with Crippen LogP contribution in [0.15, 0.2) is 30.3 Å². The van der Waals surface area contributed by atoms with Gasteiger partial charge >= 0.3 is 6.09 Å². The molecule has 0 radical (unpaired) electrons. The third-order valence-electron chi connectivity index (χ3n) is 3.01. The highest BCUT2D eigenvalue weighted by molar-refractivity contribution is 5.85. The maximum absolute atomic E-state index is 11.7. The number of likely N-dealkylation sites (N-methyl/N-ethyl adjacent to an activating group) is 1. The molecule has 0 heterocycles. The summed E-state index contributed by atoms with van der Waals surface area (Å²) in [6.45, 7) is 0.745. The van der Waals surface area contributed by atoms with Gasteiger partial charge in [-0.15, -0.1) is 0 Å². The van der Waals surface area contributed by atoms with Crippen molar-refractivity contribution in [2.24, 2.45) is 5.73 Å². The van der Waals surface area contributed by atoms with Crippen molar-refractivity contribution in [1.82, 2.24) is 10.6 Å². The average molecular weight is 293 g/mol. The Balaban J connectivity index is 2.41. The Morgan fingerprint density at radius 1 is 1.24 bits per heavy atom. The van der Waals surface area contributed by atoms with E-state index in [1.807, 2.05) is 30.3 Å². The molecule has 1 atom stereocenters. The molecule has 6 nitrogen and oxygen atoms in total. The van der Waals surface area contributed by atoms with Crippen molar-refractivity contribution in [2.75, 3.05) is 13.6 Å². The number of unbranched alkanes of at least 4 members (excludes halogenated alkanes) is 1. The van der Waals surface area contributed by atoms with E-state index in [1.165, 1.54) is 7.05 Å². The molecule has 0 aliphatic carbocycles. The van der Waals surface area contributed by atoms with Crippen molar-refractivity contribution in [1.29, 1.82) is 0 Å². The van der Waals surface area contributed by atoms with Crippen molar-refractivity contribution >= 4 is 12.0 Å². The van der Waals surface area contributed by atoms with E-state index < -0.39 is 12.1 Å². The lowest BCUT2D eigenvalue weighted by atomic mass is 10.1. The number of benzene rings is 1. The van der Waals surface area contributed by atoms with Gasteiger partial charge in [-0.25, -0.2) is 4.79 Å². The molecule has 2 amide bonds. The first-order chi connectivity index (χ1) is 10.2. The molecule has 6 heteroatoms. The van der Waals surface area contributed by atoms with E-state index in [-0.39, 0.29) is 12.5 Å². The zero-order valence-corrected chi connectivity index (χ0v) is 12.3. The zero-order chi connectivity index (χ0) is 15.5. The van der Waals surface area contributed by atoms with E-state index in [1.54, 1.807) is 0 Å². The van der Waals surface area contributed by atoms with Crippen molar-refractivity contribution in [2.45, 2.75) is 31.9 Å². The van der Waals surface area contributed by atoms with E-state index in [9.17, 15) is 9.59 Å². The minimum absolute atomic E-state index is 0.177. The van der Waals surface area contributed by atoms with Crippen molar-refractivity contribution in [3.63, 3.8) is 0 Å². The smallest absolute Gasteiger partial charge is 0.408 e. The van der Waals surface area contributed by atoms with Crippen LogP contribution in [0.4, 0.5) is 4.79 Å². The summed E-state index contributed by atoms with van der Waals surface area (Å²) in [5.74, 6) is -0.233. The summed E-state index contributed by atoms with van der Waals surface area (Å²) in [6, 6.07) is 8.77. The van der Waals surface area contributed by atoms with E-state index >= 15 is 0 Å². The molecule has 0 aliphatic heterocycles. The molecule has 0 aromatic heterocycles. The van der Waals surface area contributed by atoms with Gasteiger partial charge in [0.25, 0.3) is 0 Å². The number of hydrogen-bond donors (Lipinski definition) is 3. The highest BCUT2D eigenvalue weighted by Crippen LogP contribution is 2.03. The Morgan fingerprint density at radius 3 is 2.57 bits per heavy atom. The summed E-state index contributed by atoms with van der Waals surface area (Å²) in [5.41, 5.74) is 6.32. The summed E-state index contributed by atoms with van der Waals surface area (Å²) in [7, 11) is 1.54. The number of carbonyl (C=O) groups is 2. The fourth-order valence-electron chi connectivity index (χ4n) is 1.84. The van der Waals surface area contributed by atoms with Crippen LogP contribution >= 0.6 is 0 Å². The number of amides is 2. The highest BCUT2D eigenvalue weighted by Gasteiger charge is 2.19. The predicted molar refractivity (Wildman–Crippen MR) is 80.5 cm³/mol. The van der Waals surface area contributed by atoms with Gasteiger partial charge in [-0.1, -0.05) is 30.3 Å². The second-order valence-corrected chi connectivity index (χ2v) is 4.66. The van der Waals surface area contributed by atoms with Gasteiger partial charge in [-0.3, -0.25) is 4.79 Å². The van der Waals surface area contributed by atoms with Crippen LogP contribution in [0, 0.1) is 0 Å².